The van der Waals surface area contributed by atoms with E-state index in [1.807, 2.05) is 48.5 Å². The fourth-order valence-electron chi connectivity index (χ4n) is 2.06. The Labute approximate surface area is 133 Å². The van der Waals surface area contributed by atoms with Crippen LogP contribution in [0.4, 0.5) is 11.4 Å². The molecule has 0 heterocycles. The molecule has 2 aromatic rings. The Balaban J connectivity index is 1.94. The minimum Gasteiger partial charge on any atom is -0.376 e. The fraction of sp³-hybridized carbons (Fsp3) is 0.235. The lowest BCUT2D eigenvalue weighted by molar-refractivity contribution is -0.114. The lowest BCUT2D eigenvalue weighted by atomic mass is 10.0. The number of halogens is 1. The molecule has 0 radical (unpaired) electrons. The summed E-state index contributed by atoms with van der Waals surface area (Å²) in [6.07, 6.45) is 0. The summed E-state index contributed by atoms with van der Waals surface area (Å²) in [5, 5.41) is 6.07. The van der Waals surface area contributed by atoms with Crippen LogP contribution < -0.4 is 10.6 Å². The van der Waals surface area contributed by atoms with E-state index >= 15 is 0 Å². The number of anilines is 2. The fourth-order valence-corrected chi connectivity index (χ4v) is 2.32. The van der Waals surface area contributed by atoms with Crippen molar-refractivity contribution < 1.29 is 4.79 Å². The van der Waals surface area contributed by atoms with Gasteiger partial charge in [0.1, 0.15) is 0 Å². The van der Waals surface area contributed by atoms with Gasteiger partial charge in [-0.2, -0.15) is 0 Å². The maximum atomic E-state index is 12.0. The van der Waals surface area contributed by atoms with Gasteiger partial charge < -0.3 is 10.6 Å². The Bertz CT molecular complexity index is 608. The first kappa shape index (κ1) is 15.6. The third kappa shape index (κ3) is 4.60. The van der Waals surface area contributed by atoms with Crippen LogP contribution in [0.25, 0.3) is 0 Å². The molecular formula is C17H19BrN2O. The van der Waals surface area contributed by atoms with E-state index in [4.69, 9.17) is 0 Å². The van der Waals surface area contributed by atoms with Gasteiger partial charge in [0.25, 0.3) is 0 Å². The largest absolute Gasteiger partial charge is 0.376 e. The first-order valence-electron chi connectivity index (χ1n) is 6.94. The van der Waals surface area contributed by atoms with Gasteiger partial charge in [-0.25, -0.2) is 0 Å². The van der Waals surface area contributed by atoms with E-state index in [2.05, 4.69) is 40.4 Å². The van der Waals surface area contributed by atoms with Crippen LogP contribution in [-0.2, 0) is 4.79 Å². The van der Waals surface area contributed by atoms with Crippen LogP contribution in [0.3, 0.4) is 0 Å². The van der Waals surface area contributed by atoms with Crippen molar-refractivity contribution in [1.82, 2.24) is 0 Å². The molecule has 110 valence electrons. The predicted molar refractivity (Wildman–Crippen MR) is 91.8 cm³/mol. The number of benzene rings is 2. The number of carbonyl (C=O) groups is 1. The van der Waals surface area contributed by atoms with E-state index in [9.17, 15) is 4.79 Å². The molecule has 0 aliphatic carbocycles. The first-order valence-corrected chi connectivity index (χ1v) is 7.74. The second kappa shape index (κ2) is 7.27. The molecule has 0 aromatic heterocycles. The summed E-state index contributed by atoms with van der Waals surface area (Å²) >= 11 is 3.38. The monoisotopic (exact) mass is 346 g/mol. The summed E-state index contributed by atoms with van der Waals surface area (Å²) in [7, 11) is 0. The van der Waals surface area contributed by atoms with Crippen molar-refractivity contribution in [3.63, 3.8) is 0 Å². The van der Waals surface area contributed by atoms with Crippen LogP contribution in [0, 0.1) is 0 Å². The number of amides is 1. The number of hydrogen-bond acceptors (Lipinski definition) is 2. The van der Waals surface area contributed by atoms with Crippen molar-refractivity contribution in [3.8, 4) is 0 Å². The molecule has 0 aliphatic heterocycles. The van der Waals surface area contributed by atoms with E-state index in [0.29, 0.717) is 5.92 Å². The number of para-hydroxylation sites is 1. The van der Waals surface area contributed by atoms with E-state index in [-0.39, 0.29) is 12.5 Å². The molecule has 2 N–H and O–H groups in total. The third-order valence-corrected chi connectivity index (χ3v) is 3.68. The van der Waals surface area contributed by atoms with Crippen LogP contribution in [0.5, 0.6) is 0 Å². The summed E-state index contributed by atoms with van der Waals surface area (Å²) in [4.78, 5) is 12.0. The Kier molecular flexibility index (Phi) is 5.39. The number of nitrogens with one attached hydrogen (secondary N) is 2. The van der Waals surface area contributed by atoms with Gasteiger partial charge in [-0.3, -0.25) is 4.79 Å². The third-order valence-electron chi connectivity index (χ3n) is 3.15. The van der Waals surface area contributed by atoms with Gasteiger partial charge in [-0.1, -0.05) is 48.0 Å². The highest BCUT2D eigenvalue weighted by molar-refractivity contribution is 9.10. The van der Waals surface area contributed by atoms with E-state index in [1.54, 1.807) is 0 Å². The Morgan fingerprint density at radius 1 is 1.10 bits per heavy atom. The number of carbonyl (C=O) groups excluding carboxylic acids is 1. The van der Waals surface area contributed by atoms with Crippen molar-refractivity contribution in [1.29, 1.82) is 0 Å². The van der Waals surface area contributed by atoms with Gasteiger partial charge in [-0.05, 0) is 41.8 Å². The van der Waals surface area contributed by atoms with E-state index in [0.717, 1.165) is 21.4 Å². The lowest BCUT2D eigenvalue weighted by Gasteiger charge is -2.14. The molecule has 0 saturated heterocycles. The van der Waals surface area contributed by atoms with Gasteiger partial charge in [0.15, 0.2) is 0 Å². The van der Waals surface area contributed by atoms with Crippen LogP contribution in [0.2, 0.25) is 0 Å². The molecule has 0 atom stereocenters. The van der Waals surface area contributed by atoms with Crippen molar-refractivity contribution in [2.24, 2.45) is 0 Å². The van der Waals surface area contributed by atoms with Crippen molar-refractivity contribution >= 4 is 33.2 Å². The Morgan fingerprint density at radius 2 is 1.76 bits per heavy atom. The second-order valence-electron chi connectivity index (χ2n) is 5.15. The molecule has 4 heteroatoms. The van der Waals surface area contributed by atoms with Crippen LogP contribution >= 0.6 is 15.9 Å². The Morgan fingerprint density at radius 3 is 2.43 bits per heavy atom. The van der Waals surface area contributed by atoms with Crippen LogP contribution in [0.15, 0.2) is 53.0 Å². The zero-order chi connectivity index (χ0) is 15.2. The van der Waals surface area contributed by atoms with E-state index < -0.39 is 0 Å². The number of hydrogen-bond donors (Lipinski definition) is 2. The molecule has 0 aliphatic rings. The van der Waals surface area contributed by atoms with Gasteiger partial charge in [0, 0.05) is 15.8 Å². The highest BCUT2D eigenvalue weighted by atomic mass is 79.9. The molecule has 21 heavy (non-hydrogen) atoms. The average molecular weight is 347 g/mol. The molecule has 0 spiro atoms. The summed E-state index contributed by atoms with van der Waals surface area (Å²) < 4.78 is 1.02. The Hall–Kier alpha value is -1.81. The minimum atomic E-state index is -0.0500. The molecule has 0 unspecified atom stereocenters. The first-order chi connectivity index (χ1) is 10.1. The maximum absolute atomic E-state index is 12.0. The smallest absolute Gasteiger partial charge is 0.243 e. The highest BCUT2D eigenvalue weighted by Gasteiger charge is 2.08. The predicted octanol–water partition coefficient (Wildman–Crippen LogP) is 4.62. The highest BCUT2D eigenvalue weighted by Crippen LogP contribution is 2.23. The molecular weight excluding hydrogens is 328 g/mol. The van der Waals surface area contributed by atoms with Gasteiger partial charge in [-0.15, -0.1) is 0 Å². The summed E-state index contributed by atoms with van der Waals surface area (Å²) in [5.41, 5.74) is 2.95. The zero-order valence-electron chi connectivity index (χ0n) is 12.2. The quantitative estimate of drug-likeness (QED) is 0.828. The lowest BCUT2D eigenvalue weighted by Crippen LogP contribution is -2.22. The van der Waals surface area contributed by atoms with Gasteiger partial charge >= 0.3 is 0 Å². The van der Waals surface area contributed by atoms with Crippen LogP contribution in [0.1, 0.15) is 25.3 Å². The normalized spacial score (nSPS) is 10.5. The molecule has 2 rings (SSSR count). The van der Waals surface area contributed by atoms with Crippen molar-refractivity contribution in [2.75, 3.05) is 17.2 Å². The summed E-state index contributed by atoms with van der Waals surface area (Å²) in [5.74, 6) is 0.326. The molecule has 0 fully saturated rings. The van der Waals surface area contributed by atoms with Crippen LogP contribution in [-0.4, -0.2) is 12.5 Å². The maximum Gasteiger partial charge on any atom is 0.243 e. The number of rotatable bonds is 5. The van der Waals surface area contributed by atoms with Crippen molar-refractivity contribution in [2.45, 2.75) is 19.8 Å². The van der Waals surface area contributed by atoms with Crippen molar-refractivity contribution in [3.05, 3.63) is 58.6 Å². The SMILES string of the molecule is CC(C)c1ccccc1NC(=O)CNc1ccc(Br)cc1. The molecule has 3 nitrogen and oxygen atoms in total. The second-order valence-corrected chi connectivity index (χ2v) is 6.07. The molecule has 2 aromatic carbocycles. The standard InChI is InChI=1S/C17H19BrN2O/c1-12(2)15-5-3-4-6-16(15)20-17(21)11-19-14-9-7-13(18)8-10-14/h3-10,12,19H,11H2,1-2H3,(H,20,21). The van der Waals surface area contributed by atoms with E-state index in [1.165, 1.54) is 0 Å². The minimum absolute atomic E-state index is 0.0500. The van der Waals surface area contributed by atoms with Gasteiger partial charge in [0.2, 0.25) is 5.91 Å². The average Bonchev–Trinajstić information content (AvgIpc) is 2.47. The summed E-state index contributed by atoms with van der Waals surface area (Å²) in [6.45, 7) is 4.48. The topological polar surface area (TPSA) is 41.1 Å². The molecule has 1 amide bonds. The summed E-state index contributed by atoms with van der Waals surface area (Å²) in [6, 6.07) is 15.6. The molecule has 0 bridgehead atoms. The zero-order valence-corrected chi connectivity index (χ0v) is 13.8. The van der Waals surface area contributed by atoms with Gasteiger partial charge in [0.05, 0.1) is 6.54 Å². The molecule has 0 saturated carbocycles.